The second kappa shape index (κ2) is 4.96. The molecule has 0 atom stereocenters. The van der Waals surface area contributed by atoms with Gasteiger partial charge in [-0.2, -0.15) is 0 Å². The van der Waals surface area contributed by atoms with E-state index in [4.69, 9.17) is 10.7 Å². The molecule has 0 unspecified atom stereocenters. The normalized spacial score (nSPS) is 11.9. The second-order valence-corrected chi connectivity index (χ2v) is 6.16. The fourth-order valence-corrected chi connectivity index (χ4v) is 3.76. The highest BCUT2D eigenvalue weighted by atomic mass is 127. The molecule has 0 saturated carbocycles. The minimum atomic E-state index is -4.15. The van der Waals surface area contributed by atoms with Gasteiger partial charge in [0.1, 0.15) is 5.75 Å². The fourth-order valence-electron chi connectivity index (χ4n) is 1.00. The topological polar surface area (TPSA) is 56.3 Å². The zero-order valence-corrected chi connectivity index (χ0v) is 11.5. The number of aromatic nitrogens is 1. The molecular weight excluding hydrogens is 379 g/mol. The van der Waals surface area contributed by atoms with E-state index in [0.717, 1.165) is 6.20 Å². The molecule has 0 saturated heterocycles. The summed E-state index contributed by atoms with van der Waals surface area (Å²) in [5.41, 5.74) is -0.530. The van der Waals surface area contributed by atoms with E-state index in [1.807, 2.05) is 0 Å². The van der Waals surface area contributed by atoms with Gasteiger partial charge in [0.15, 0.2) is 5.03 Å². The average molecular weight is 384 g/mol. The first kappa shape index (κ1) is 13.8. The average Bonchev–Trinajstić information content (AvgIpc) is 2.14. The van der Waals surface area contributed by atoms with Gasteiger partial charge in [-0.15, -0.1) is 0 Å². The molecule has 1 aromatic heterocycles. The van der Waals surface area contributed by atoms with E-state index in [2.05, 4.69) is 9.72 Å². The third-order valence-corrected chi connectivity index (χ3v) is 4.33. The lowest BCUT2D eigenvalue weighted by atomic mass is 10.2. The summed E-state index contributed by atoms with van der Waals surface area (Å²) in [6.07, 6.45) is -1.97. The standard InChI is InChI=1S/C7H5ClF2INO3S/c1-15-3-2-12-7(16(8,13)14)5(11)4(3)6(9)10/h2,6H,1H3. The van der Waals surface area contributed by atoms with Crippen LogP contribution in [0, 0.1) is 3.57 Å². The molecule has 0 aromatic carbocycles. The summed E-state index contributed by atoms with van der Waals surface area (Å²) in [6.45, 7) is 0. The van der Waals surface area contributed by atoms with Crippen molar-refractivity contribution in [1.29, 1.82) is 0 Å². The summed E-state index contributed by atoms with van der Waals surface area (Å²) < 4.78 is 51.9. The Labute approximate surface area is 109 Å². The van der Waals surface area contributed by atoms with Crippen LogP contribution in [0.4, 0.5) is 8.78 Å². The summed E-state index contributed by atoms with van der Waals surface area (Å²) in [5, 5.41) is -0.592. The molecule has 9 heteroatoms. The lowest BCUT2D eigenvalue weighted by Crippen LogP contribution is -2.05. The van der Waals surface area contributed by atoms with Gasteiger partial charge in [0, 0.05) is 10.7 Å². The van der Waals surface area contributed by atoms with Gasteiger partial charge < -0.3 is 4.74 Å². The smallest absolute Gasteiger partial charge is 0.279 e. The van der Waals surface area contributed by atoms with Crippen LogP contribution < -0.4 is 4.74 Å². The summed E-state index contributed by atoms with van der Waals surface area (Å²) in [6, 6.07) is 0. The van der Waals surface area contributed by atoms with Crippen molar-refractivity contribution in [2.45, 2.75) is 11.5 Å². The van der Waals surface area contributed by atoms with E-state index < -0.39 is 26.1 Å². The maximum Gasteiger partial charge on any atom is 0.279 e. The fraction of sp³-hybridized carbons (Fsp3) is 0.286. The van der Waals surface area contributed by atoms with Crippen LogP contribution in [0.15, 0.2) is 11.2 Å². The number of hydrogen-bond donors (Lipinski definition) is 0. The minimum Gasteiger partial charge on any atom is -0.495 e. The number of ether oxygens (including phenoxy) is 1. The number of halogens is 4. The lowest BCUT2D eigenvalue weighted by molar-refractivity contribution is 0.145. The van der Waals surface area contributed by atoms with E-state index in [-0.39, 0.29) is 9.32 Å². The molecule has 0 bridgehead atoms. The maximum atomic E-state index is 12.7. The molecule has 4 nitrogen and oxygen atoms in total. The van der Waals surface area contributed by atoms with Crippen molar-refractivity contribution in [1.82, 2.24) is 4.98 Å². The summed E-state index contributed by atoms with van der Waals surface area (Å²) in [4.78, 5) is 3.48. The Morgan fingerprint density at radius 2 is 2.12 bits per heavy atom. The molecule has 0 aliphatic heterocycles. The van der Waals surface area contributed by atoms with Crippen molar-refractivity contribution < 1.29 is 21.9 Å². The SMILES string of the molecule is COc1cnc(S(=O)(=O)Cl)c(I)c1C(F)F. The van der Waals surface area contributed by atoms with Gasteiger partial charge in [0.2, 0.25) is 0 Å². The molecule has 0 radical (unpaired) electrons. The van der Waals surface area contributed by atoms with E-state index in [1.54, 1.807) is 0 Å². The Balaban J connectivity index is 3.57. The van der Waals surface area contributed by atoms with Crippen LogP contribution in [-0.4, -0.2) is 20.5 Å². The Bertz CT molecular complexity index is 509. The molecule has 0 aliphatic carbocycles. The highest BCUT2D eigenvalue weighted by Crippen LogP contribution is 2.35. The third-order valence-electron chi connectivity index (χ3n) is 1.66. The number of methoxy groups -OCH3 is 1. The summed E-state index contributed by atoms with van der Waals surface area (Å²) >= 11 is 1.44. The number of alkyl halides is 2. The lowest BCUT2D eigenvalue weighted by Gasteiger charge is -2.10. The van der Waals surface area contributed by atoms with Crippen LogP contribution in [0.5, 0.6) is 5.75 Å². The van der Waals surface area contributed by atoms with Crippen LogP contribution in [0.1, 0.15) is 12.0 Å². The van der Waals surface area contributed by atoms with Crippen molar-refractivity contribution in [2.24, 2.45) is 0 Å². The predicted octanol–water partition coefficient (Wildman–Crippen LogP) is 2.56. The zero-order chi connectivity index (χ0) is 12.5. The molecule has 0 spiro atoms. The predicted molar refractivity (Wildman–Crippen MR) is 61.5 cm³/mol. The molecule has 0 N–H and O–H groups in total. The van der Waals surface area contributed by atoms with Crippen molar-refractivity contribution in [3.05, 3.63) is 15.3 Å². The van der Waals surface area contributed by atoms with Crippen LogP contribution in [0.25, 0.3) is 0 Å². The Morgan fingerprint density at radius 1 is 1.56 bits per heavy atom. The molecule has 90 valence electrons. The first-order chi connectivity index (χ1) is 7.29. The summed E-state index contributed by atoms with van der Waals surface area (Å²) in [7, 11) is 2.09. The van der Waals surface area contributed by atoms with Crippen molar-refractivity contribution in [3.8, 4) is 5.75 Å². The number of rotatable bonds is 3. The van der Waals surface area contributed by atoms with Crippen LogP contribution in [-0.2, 0) is 9.05 Å². The van der Waals surface area contributed by atoms with Gasteiger partial charge in [0.25, 0.3) is 15.5 Å². The maximum absolute atomic E-state index is 12.7. The minimum absolute atomic E-state index is 0.177. The van der Waals surface area contributed by atoms with Gasteiger partial charge >= 0.3 is 0 Å². The number of pyridine rings is 1. The molecule has 16 heavy (non-hydrogen) atoms. The quantitative estimate of drug-likeness (QED) is 0.595. The van der Waals surface area contributed by atoms with Crippen molar-refractivity contribution >= 4 is 42.3 Å². The second-order valence-electron chi connectivity index (χ2n) is 2.60. The molecule has 1 aromatic rings. The molecule has 0 amide bonds. The molecular formula is C7H5ClF2INO3S. The van der Waals surface area contributed by atoms with Crippen molar-refractivity contribution in [2.75, 3.05) is 7.11 Å². The monoisotopic (exact) mass is 383 g/mol. The highest BCUT2D eigenvalue weighted by Gasteiger charge is 2.26. The Morgan fingerprint density at radius 3 is 2.50 bits per heavy atom. The molecule has 1 rings (SSSR count). The van der Waals surface area contributed by atoms with Crippen LogP contribution in [0.3, 0.4) is 0 Å². The molecule has 0 aliphatic rings. The van der Waals surface area contributed by atoms with Gasteiger partial charge in [-0.3, -0.25) is 0 Å². The number of hydrogen-bond acceptors (Lipinski definition) is 4. The summed E-state index contributed by atoms with van der Waals surface area (Å²) in [5.74, 6) is -0.177. The van der Waals surface area contributed by atoms with Crippen LogP contribution >= 0.6 is 33.3 Å². The highest BCUT2D eigenvalue weighted by molar-refractivity contribution is 14.1. The van der Waals surface area contributed by atoms with Gasteiger partial charge in [0.05, 0.1) is 22.4 Å². The van der Waals surface area contributed by atoms with Gasteiger partial charge in [-0.05, 0) is 22.6 Å². The Hall–Kier alpha value is -0.220. The molecule has 0 fully saturated rings. The van der Waals surface area contributed by atoms with Gasteiger partial charge in [-0.1, -0.05) is 0 Å². The van der Waals surface area contributed by atoms with Crippen LogP contribution in [0.2, 0.25) is 0 Å². The van der Waals surface area contributed by atoms with E-state index in [1.165, 1.54) is 29.7 Å². The Kier molecular flexibility index (Phi) is 4.29. The molecule has 1 heterocycles. The van der Waals surface area contributed by atoms with Crippen molar-refractivity contribution in [3.63, 3.8) is 0 Å². The third kappa shape index (κ3) is 2.72. The zero-order valence-electron chi connectivity index (χ0n) is 7.75. The van der Waals surface area contributed by atoms with E-state index in [0.29, 0.717) is 0 Å². The first-order valence-electron chi connectivity index (χ1n) is 3.74. The largest absolute Gasteiger partial charge is 0.495 e. The van der Waals surface area contributed by atoms with Gasteiger partial charge in [-0.25, -0.2) is 22.2 Å². The van der Waals surface area contributed by atoms with E-state index in [9.17, 15) is 17.2 Å². The first-order valence-corrected chi connectivity index (χ1v) is 7.13. The number of nitrogens with zero attached hydrogens (tertiary/aromatic N) is 1. The van der Waals surface area contributed by atoms with E-state index >= 15 is 0 Å².